The topological polar surface area (TPSA) is 54.3 Å². The molecule has 2 aromatic heterocycles. The average Bonchev–Trinajstić information content (AvgIpc) is 3.26. The van der Waals surface area contributed by atoms with E-state index in [2.05, 4.69) is 46.4 Å². The Hall–Kier alpha value is -2.99. The van der Waals surface area contributed by atoms with Gasteiger partial charge in [0.2, 0.25) is 0 Å². The number of carbonyl (C=O) groups is 1. The highest BCUT2D eigenvalue weighted by Gasteiger charge is 2.24. The third-order valence-corrected chi connectivity index (χ3v) is 7.84. The summed E-state index contributed by atoms with van der Waals surface area (Å²) in [5.74, 6) is 1.10. The Morgan fingerprint density at radius 3 is 2.42 bits per heavy atom. The van der Waals surface area contributed by atoms with Crippen molar-refractivity contribution >= 4 is 16.9 Å². The minimum atomic E-state index is 0.0648. The van der Waals surface area contributed by atoms with Gasteiger partial charge in [0.25, 0.3) is 0 Å². The predicted octanol–water partition coefficient (Wildman–Crippen LogP) is 5.31. The predicted molar refractivity (Wildman–Crippen MR) is 145 cm³/mol. The lowest BCUT2D eigenvalue weighted by Crippen LogP contribution is -2.45. The van der Waals surface area contributed by atoms with Crippen LogP contribution in [0.25, 0.3) is 11.2 Å². The number of benzene rings is 1. The first kappa shape index (κ1) is 24.7. The largest absolute Gasteiger partial charge is 0.377 e. The van der Waals surface area contributed by atoms with Crippen LogP contribution < -0.4 is 0 Å². The molecule has 0 spiro atoms. The number of carbonyl (C=O) groups excluding carboxylic acids is 1. The van der Waals surface area contributed by atoms with E-state index in [9.17, 15) is 4.79 Å². The molecule has 2 saturated heterocycles. The van der Waals surface area contributed by atoms with Crippen LogP contribution >= 0.6 is 0 Å². The SMILES string of the molecule is CCc1nc2c(C)cc(C)nc2n1Cc1ccc(C(=O)/C=C/N2CCC(N3CCCCC3)CC2)cc1. The number of likely N-dealkylation sites (tertiary alicyclic amines) is 2. The second-order valence-corrected chi connectivity index (χ2v) is 10.5. The molecule has 3 aromatic rings. The molecule has 0 N–H and O–H groups in total. The van der Waals surface area contributed by atoms with Crippen molar-refractivity contribution in [2.45, 2.75) is 71.9 Å². The van der Waals surface area contributed by atoms with E-state index in [1.165, 1.54) is 45.2 Å². The molecule has 4 heterocycles. The summed E-state index contributed by atoms with van der Waals surface area (Å²) in [6, 6.07) is 10.8. The summed E-state index contributed by atoms with van der Waals surface area (Å²) >= 11 is 0. The summed E-state index contributed by atoms with van der Waals surface area (Å²) in [6.45, 7) is 11.6. The molecule has 5 rings (SSSR count). The van der Waals surface area contributed by atoms with Crippen LogP contribution in [0.2, 0.25) is 0 Å². The number of hydrogen-bond acceptors (Lipinski definition) is 5. The maximum absolute atomic E-state index is 12.8. The van der Waals surface area contributed by atoms with Gasteiger partial charge < -0.3 is 14.4 Å². The van der Waals surface area contributed by atoms with Gasteiger partial charge in [-0.05, 0) is 69.8 Å². The van der Waals surface area contributed by atoms with Crippen molar-refractivity contribution in [3.05, 3.63) is 70.8 Å². The smallest absolute Gasteiger partial charge is 0.187 e. The number of aromatic nitrogens is 3. The van der Waals surface area contributed by atoms with E-state index < -0.39 is 0 Å². The van der Waals surface area contributed by atoms with Crippen molar-refractivity contribution < 1.29 is 4.79 Å². The zero-order chi connectivity index (χ0) is 25.1. The van der Waals surface area contributed by atoms with Crippen molar-refractivity contribution in [3.8, 4) is 0 Å². The van der Waals surface area contributed by atoms with Crippen LogP contribution in [0.5, 0.6) is 0 Å². The second-order valence-electron chi connectivity index (χ2n) is 10.5. The summed E-state index contributed by atoms with van der Waals surface area (Å²) < 4.78 is 2.21. The Kier molecular flexibility index (Phi) is 7.51. The number of ketones is 1. The molecule has 0 radical (unpaired) electrons. The highest BCUT2D eigenvalue weighted by molar-refractivity contribution is 6.04. The molecule has 190 valence electrons. The summed E-state index contributed by atoms with van der Waals surface area (Å²) in [7, 11) is 0. The van der Waals surface area contributed by atoms with E-state index >= 15 is 0 Å². The summed E-state index contributed by atoms with van der Waals surface area (Å²) in [5, 5.41) is 0. The van der Waals surface area contributed by atoms with Gasteiger partial charge in [0.05, 0.1) is 6.54 Å². The average molecular weight is 486 g/mol. The first-order valence-electron chi connectivity index (χ1n) is 13.6. The number of allylic oxidation sites excluding steroid dienone is 1. The van der Waals surface area contributed by atoms with Crippen molar-refractivity contribution in [1.82, 2.24) is 24.3 Å². The molecule has 36 heavy (non-hydrogen) atoms. The van der Waals surface area contributed by atoms with Crippen molar-refractivity contribution in [3.63, 3.8) is 0 Å². The van der Waals surface area contributed by atoms with Crippen molar-refractivity contribution in [2.24, 2.45) is 0 Å². The first-order chi connectivity index (χ1) is 17.5. The van der Waals surface area contributed by atoms with Crippen LogP contribution in [-0.2, 0) is 13.0 Å². The molecular weight excluding hydrogens is 446 g/mol. The lowest BCUT2D eigenvalue weighted by molar-refractivity contribution is 0.103. The summed E-state index contributed by atoms with van der Waals surface area (Å²) in [4.78, 5) is 27.4. The number of nitrogens with zero attached hydrogens (tertiary/aromatic N) is 5. The third-order valence-electron chi connectivity index (χ3n) is 7.84. The maximum Gasteiger partial charge on any atom is 0.187 e. The van der Waals surface area contributed by atoms with E-state index in [0.29, 0.717) is 6.54 Å². The van der Waals surface area contributed by atoms with Gasteiger partial charge in [-0.1, -0.05) is 37.6 Å². The molecule has 0 saturated carbocycles. The van der Waals surface area contributed by atoms with Gasteiger partial charge in [-0.3, -0.25) is 4.79 Å². The second kappa shape index (κ2) is 11.0. The Bertz CT molecular complexity index is 1230. The van der Waals surface area contributed by atoms with Crippen LogP contribution in [0.15, 0.2) is 42.6 Å². The molecule has 1 aromatic carbocycles. The third kappa shape index (κ3) is 5.39. The molecule has 2 aliphatic heterocycles. The highest BCUT2D eigenvalue weighted by Crippen LogP contribution is 2.22. The molecule has 0 aliphatic carbocycles. The first-order valence-corrected chi connectivity index (χ1v) is 13.6. The van der Waals surface area contributed by atoms with E-state index in [-0.39, 0.29) is 5.78 Å². The van der Waals surface area contributed by atoms with Gasteiger partial charge in [-0.15, -0.1) is 0 Å². The number of piperidine rings is 2. The lowest BCUT2D eigenvalue weighted by Gasteiger charge is -2.40. The Morgan fingerprint density at radius 1 is 1.00 bits per heavy atom. The quantitative estimate of drug-likeness (QED) is 0.336. The van der Waals surface area contributed by atoms with E-state index in [1.54, 1.807) is 6.08 Å². The van der Waals surface area contributed by atoms with E-state index in [4.69, 9.17) is 9.97 Å². The van der Waals surface area contributed by atoms with Crippen molar-refractivity contribution in [1.29, 1.82) is 0 Å². The molecular formula is C30H39N5O. The molecule has 0 bridgehead atoms. The van der Waals surface area contributed by atoms with Crippen LogP contribution in [-0.4, -0.2) is 62.3 Å². The molecule has 2 aliphatic rings. The molecule has 0 amide bonds. The molecule has 0 atom stereocenters. The van der Waals surface area contributed by atoms with Crippen LogP contribution in [0.3, 0.4) is 0 Å². The Labute approximate surface area is 215 Å². The zero-order valence-corrected chi connectivity index (χ0v) is 22.0. The molecule has 6 heteroatoms. The number of aryl methyl sites for hydroxylation is 3. The van der Waals surface area contributed by atoms with Crippen LogP contribution in [0.4, 0.5) is 0 Å². The van der Waals surface area contributed by atoms with Gasteiger partial charge in [-0.2, -0.15) is 0 Å². The minimum Gasteiger partial charge on any atom is -0.377 e. The number of pyridine rings is 1. The molecule has 2 fully saturated rings. The molecule has 0 unspecified atom stereocenters. The van der Waals surface area contributed by atoms with Gasteiger partial charge in [0.1, 0.15) is 11.3 Å². The fourth-order valence-electron chi connectivity index (χ4n) is 5.79. The number of rotatable bonds is 7. The fourth-order valence-corrected chi connectivity index (χ4v) is 5.79. The minimum absolute atomic E-state index is 0.0648. The number of fused-ring (bicyclic) bond motifs is 1. The standard InChI is InChI=1S/C30H39N5O/c1-4-28-32-29-22(2)20-23(3)31-30(29)35(28)21-24-8-10-25(11-9-24)27(36)14-19-33-17-12-26(13-18-33)34-15-6-5-7-16-34/h8-11,14,19-20,26H,4-7,12-13,15-18,21H2,1-3H3/b19-14+. The Morgan fingerprint density at radius 2 is 1.72 bits per heavy atom. The van der Waals surface area contributed by atoms with E-state index in [1.807, 2.05) is 25.3 Å². The Balaban J connectivity index is 1.20. The van der Waals surface area contributed by atoms with Gasteiger partial charge in [-0.25, -0.2) is 9.97 Å². The highest BCUT2D eigenvalue weighted by atomic mass is 16.1. The summed E-state index contributed by atoms with van der Waals surface area (Å²) in [6.07, 6.45) is 11.1. The molecule has 6 nitrogen and oxygen atoms in total. The normalized spacial score (nSPS) is 17.9. The number of hydrogen-bond donors (Lipinski definition) is 0. The van der Waals surface area contributed by atoms with Gasteiger partial charge in [0, 0.05) is 49.1 Å². The van der Waals surface area contributed by atoms with Crippen LogP contribution in [0.1, 0.15) is 72.0 Å². The van der Waals surface area contributed by atoms with E-state index in [0.717, 1.165) is 64.9 Å². The van der Waals surface area contributed by atoms with Crippen molar-refractivity contribution in [2.75, 3.05) is 26.2 Å². The number of imidazole rings is 1. The summed E-state index contributed by atoms with van der Waals surface area (Å²) in [5.41, 5.74) is 5.96. The van der Waals surface area contributed by atoms with Gasteiger partial charge >= 0.3 is 0 Å². The van der Waals surface area contributed by atoms with Gasteiger partial charge in [0.15, 0.2) is 11.4 Å². The monoisotopic (exact) mass is 485 g/mol. The maximum atomic E-state index is 12.8. The lowest BCUT2D eigenvalue weighted by atomic mass is 10.00. The zero-order valence-electron chi connectivity index (χ0n) is 22.0. The van der Waals surface area contributed by atoms with Crippen LogP contribution in [0, 0.1) is 13.8 Å². The fraction of sp³-hybridized carbons (Fsp3) is 0.500.